The van der Waals surface area contributed by atoms with Gasteiger partial charge in [-0.2, -0.15) is 0 Å². The van der Waals surface area contributed by atoms with Gasteiger partial charge in [0.05, 0.1) is 12.5 Å². The van der Waals surface area contributed by atoms with Crippen LogP contribution < -0.4 is 0 Å². The van der Waals surface area contributed by atoms with Gasteiger partial charge in [-0.1, -0.05) is 23.2 Å². The third kappa shape index (κ3) is 1.80. The highest BCUT2D eigenvalue weighted by atomic mass is 35.5. The third-order valence-corrected chi connectivity index (χ3v) is 3.84. The summed E-state index contributed by atoms with van der Waals surface area (Å²) >= 11 is 17.8. The minimum absolute atomic E-state index is 0.271. The molecule has 82 valence electrons. The summed E-state index contributed by atoms with van der Waals surface area (Å²) in [6.45, 7) is 6.92. The number of hydrogen-bond donors (Lipinski definition) is 0. The zero-order chi connectivity index (χ0) is 11.9. The molecule has 0 bridgehead atoms. The maximum Gasteiger partial charge on any atom is 0.188 e. The highest BCUT2D eigenvalue weighted by Crippen LogP contribution is 2.64. The van der Waals surface area contributed by atoms with E-state index < -0.39 is 10.3 Å². The van der Waals surface area contributed by atoms with Gasteiger partial charge in [-0.3, -0.25) is 0 Å². The first kappa shape index (κ1) is 11.7. The normalized spacial score (nSPS) is 25.9. The lowest BCUT2D eigenvalue weighted by Crippen LogP contribution is -1.90. The van der Waals surface area contributed by atoms with Crippen molar-refractivity contribution in [2.75, 3.05) is 0 Å². The Morgan fingerprint density at radius 2 is 2.06 bits per heavy atom. The molecule has 0 spiro atoms. The van der Waals surface area contributed by atoms with Crippen molar-refractivity contribution in [2.45, 2.75) is 10.3 Å². The Hall–Kier alpha value is -0.750. The van der Waals surface area contributed by atoms with E-state index in [0.717, 1.165) is 11.8 Å². The van der Waals surface area contributed by atoms with Gasteiger partial charge in [-0.05, 0) is 12.1 Å². The van der Waals surface area contributed by atoms with Gasteiger partial charge in [0.15, 0.2) is 5.69 Å². The molecule has 1 aliphatic rings. The zero-order valence-electron chi connectivity index (χ0n) is 7.95. The number of aldehydes is 1. The number of rotatable bonds is 2. The van der Waals surface area contributed by atoms with E-state index in [1.165, 1.54) is 0 Å². The minimum atomic E-state index is -1.06. The van der Waals surface area contributed by atoms with Crippen molar-refractivity contribution >= 4 is 46.8 Å². The van der Waals surface area contributed by atoms with Crippen LogP contribution in [0.25, 0.3) is 4.85 Å². The van der Waals surface area contributed by atoms with Gasteiger partial charge in [0.2, 0.25) is 0 Å². The van der Waals surface area contributed by atoms with Crippen LogP contribution in [-0.2, 0) is 4.79 Å². The lowest BCUT2D eigenvalue weighted by Gasteiger charge is -2.02. The average Bonchev–Trinajstić information content (AvgIpc) is 2.79. The molecule has 5 heteroatoms. The summed E-state index contributed by atoms with van der Waals surface area (Å²) in [6, 6.07) is 4.90. The summed E-state index contributed by atoms with van der Waals surface area (Å²) in [5.74, 6) is -0.694. The average molecular weight is 275 g/mol. The predicted molar refractivity (Wildman–Crippen MR) is 64.4 cm³/mol. The van der Waals surface area contributed by atoms with Crippen LogP contribution >= 0.6 is 34.8 Å². The summed E-state index contributed by atoms with van der Waals surface area (Å²) in [7, 11) is 0. The van der Waals surface area contributed by atoms with E-state index in [0.29, 0.717) is 10.7 Å². The van der Waals surface area contributed by atoms with E-state index in [4.69, 9.17) is 41.4 Å². The standard InChI is InChI=1S/C11H6Cl3NO/c1-15-8-3-6(2-7(12)4-8)10-9(5-16)11(10,13)14/h2-5,9-10H. The van der Waals surface area contributed by atoms with E-state index in [1.807, 2.05) is 0 Å². The fourth-order valence-corrected chi connectivity index (χ4v) is 2.78. The monoisotopic (exact) mass is 273 g/mol. The Kier molecular flexibility index (Phi) is 2.88. The first-order valence-corrected chi connectivity index (χ1v) is 5.65. The van der Waals surface area contributed by atoms with E-state index in [2.05, 4.69) is 4.85 Å². The molecule has 0 amide bonds. The fourth-order valence-electron chi connectivity index (χ4n) is 1.79. The molecule has 2 atom stereocenters. The topological polar surface area (TPSA) is 21.4 Å². The summed E-state index contributed by atoms with van der Waals surface area (Å²) < 4.78 is -1.06. The van der Waals surface area contributed by atoms with Gasteiger partial charge < -0.3 is 4.79 Å². The summed E-state index contributed by atoms with van der Waals surface area (Å²) in [4.78, 5) is 14.0. The molecule has 16 heavy (non-hydrogen) atoms. The Labute approximate surface area is 108 Å². The first-order chi connectivity index (χ1) is 7.50. The number of alkyl halides is 2. The van der Waals surface area contributed by atoms with Gasteiger partial charge in [0.1, 0.15) is 10.6 Å². The Bertz CT molecular complexity index is 492. The lowest BCUT2D eigenvalue weighted by molar-refractivity contribution is -0.108. The van der Waals surface area contributed by atoms with E-state index in [1.54, 1.807) is 18.2 Å². The minimum Gasteiger partial charge on any atom is -0.303 e. The number of nitrogens with zero attached hydrogens (tertiary/aromatic N) is 1. The third-order valence-electron chi connectivity index (χ3n) is 2.65. The molecule has 2 unspecified atom stereocenters. The molecule has 1 aromatic rings. The van der Waals surface area contributed by atoms with Crippen LogP contribution in [0.2, 0.25) is 5.02 Å². The smallest absolute Gasteiger partial charge is 0.188 e. The number of carbonyl (C=O) groups is 1. The van der Waals surface area contributed by atoms with E-state index in [-0.39, 0.29) is 5.92 Å². The molecule has 0 aromatic heterocycles. The summed E-state index contributed by atoms with van der Waals surface area (Å²) in [6.07, 6.45) is 0.739. The summed E-state index contributed by atoms with van der Waals surface area (Å²) in [5.41, 5.74) is 1.16. The van der Waals surface area contributed by atoms with Gasteiger partial charge >= 0.3 is 0 Å². The van der Waals surface area contributed by atoms with E-state index >= 15 is 0 Å². The molecule has 2 nitrogen and oxygen atoms in total. The van der Waals surface area contributed by atoms with Gasteiger partial charge in [-0.15, -0.1) is 23.2 Å². The number of halogens is 3. The molecule has 1 aliphatic carbocycles. The first-order valence-electron chi connectivity index (χ1n) is 4.51. The SMILES string of the molecule is [C-]#[N+]c1cc(Cl)cc(C2C(C=O)C2(Cl)Cl)c1. The Balaban J connectivity index is 2.40. The van der Waals surface area contributed by atoms with Gasteiger partial charge in [-0.25, -0.2) is 4.85 Å². The van der Waals surface area contributed by atoms with Crippen LogP contribution in [0, 0.1) is 12.5 Å². The Morgan fingerprint density at radius 3 is 2.56 bits per heavy atom. The summed E-state index contributed by atoms with van der Waals surface area (Å²) in [5, 5.41) is 0.448. The van der Waals surface area contributed by atoms with Crippen LogP contribution in [-0.4, -0.2) is 10.6 Å². The molecule has 0 heterocycles. The second-order valence-electron chi connectivity index (χ2n) is 3.67. The van der Waals surface area contributed by atoms with Crippen LogP contribution in [0.1, 0.15) is 11.5 Å². The van der Waals surface area contributed by atoms with Gasteiger partial charge in [0.25, 0.3) is 0 Å². The van der Waals surface area contributed by atoms with Gasteiger partial charge in [0, 0.05) is 10.9 Å². The molecule has 1 aromatic carbocycles. The van der Waals surface area contributed by atoms with Crippen molar-refractivity contribution in [2.24, 2.45) is 5.92 Å². The largest absolute Gasteiger partial charge is 0.303 e. The van der Waals surface area contributed by atoms with Crippen molar-refractivity contribution in [3.63, 3.8) is 0 Å². The number of hydrogen-bond acceptors (Lipinski definition) is 1. The zero-order valence-corrected chi connectivity index (χ0v) is 10.2. The van der Waals surface area contributed by atoms with Crippen LogP contribution in [0.4, 0.5) is 5.69 Å². The van der Waals surface area contributed by atoms with Crippen molar-refractivity contribution in [1.29, 1.82) is 0 Å². The second kappa shape index (κ2) is 3.92. The predicted octanol–water partition coefficient (Wildman–Crippen LogP) is 3.98. The maximum absolute atomic E-state index is 10.7. The molecule has 1 saturated carbocycles. The number of benzene rings is 1. The molecular weight excluding hydrogens is 268 g/mol. The molecule has 1 fully saturated rings. The molecule has 2 rings (SSSR count). The fraction of sp³-hybridized carbons (Fsp3) is 0.273. The van der Waals surface area contributed by atoms with Crippen LogP contribution in [0.15, 0.2) is 18.2 Å². The highest BCUT2D eigenvalue weighted by Gasteiger charge is 2.63. The molecule has 0 aliphatic heterocycles. The molecule has 0 radical (unpaired) electrons. The van der Waals surface area contributed by atoms with Crippen molar-refractivity contribution < 1.29 is 4.79 Å². The van der Waals surface area contributed by atoms with Crippen LogP contribution in [0.3, 0.4) is 0 Å². The van der Waals surface area contributed by atoms with Crippen LogP contribution in [0.5, 0.6) is 0 Å². The highest BCUT2D eigenvalue weighted by molar-refractivity contribution is 6.53. The quantitative estimate of drug-likeness (QED) is 0.454. The lowest BCUT2D eigenvalue weighted by atomic mass is 10.1. The van der Waals surface area contributed by atoms with E-state index in [9.17, 15) is 4.79 Å². The molecular formula is C11H6Cl3NO. The molecule has 0 N–H and O–H groups in total. The molecule has 0 saturated heterocycles. The maximum atomic E-state index is 10.7. The second-order valence-corrected chi connectivity index (χ2v) is 5.55. The van der Waals surface area contributed by atoms with Crippen molar-refractivity contribution in [3.05, 3.63) is 40.2 Å². The van der Waals surface area contributed by atoms with Crippen molar-refractivity contribution in [1.82, 2.24) is 0 Å². The van der Waals surface area contributed by atoms with Crippen molar-refractivity contribution in [3.8, 4) is 0 Å². The Morgan fingerprint density at radius 1 is 1.38 bits per heavy atom. The number of carbonyl (C=O) groups excluding carboxylic acids is 1.